The number of rotatable bonds is 6. The number of halogens is 2. The van der Waals surface area contributed by atoms with Crippen molar-refractivity contribution in [2.24, 2.45) is 4.99 Å². The molecule has 0 aliphatic carbocycles. The van der Waals surface area contributed by atoms with Gasteiger partial charge in [0.15, 0.2) is 5.70 Å². The van der Waals surface area contributed by atoms with Crippen molar-refractivity contribution in [2.75, 3.05) is 0 Å². The van der Waals surface area contributed by atoms with Gasteiger partial charge < -0.3 is 9.47 Å². The third-order valence-electron chi connectivity index (χ3n) is 4.49. The van der Waals surface area contributed by atoms with Crippen LogP contribution in [0.5, 0.6) is 5.75 Å². The number of hydrogen-bond acceptors (Lipinski definition) is 6. The molecule has 0 aromatic heterocycles. The Balaban J connectivity index is 1.55. The van der Waals surface area contributed by atoms with Crippen molar-refractivity contribution in [3.8, 4) is 5.75 Å². The normalized spacial score (nSPS) is 14.2. The second-order valence-corrected chi connectivity index (χ2v) is 8.40. The van der Waals surface area contributed by atoms with E-state index in [4.69, 9.17) is 21.1 Å². The Bertz CT molecular complexity index is 1270. The van der Waals surface area contributed by atoms with Gasteiger partial charge in [0.25, 0.3) is 5.69 Å². The van der Waals surface area contributed by atoms with Crippen molar-refractivity contribution in [2.45, 2.75) is 6.61 Å². The van der Waals surface area contributed by atoms with Crippen LogP contribution in [-0.2, 0) is 16.1 Å². The Morgan fingerprint density at radius 1 is 1.12 bits per heavy atom. The Labute approximate surface area is 201 Å². The molecule has 0 spiro atoms. The largest absolute Gasteiger partial charge is 0.489 e. The van der Waals surface area contributed by atoms with Crippen molar-refractivity contribution in [1.29, 1.82) is 0 Å². The smallest absolute Gasteiger partial charge is 0.363 e. The molecule has 1 aliphatic heterocycles. The van der Waals surface area contributed by atoms with Crippen LogP contribution in [0.2, 0.25) is 5.02 Å². The molecular weight excluding hydrogens is 547 g/mol. The average molecular weight is 561 g/mol. The fraction of sp³-hybridized carbons (Fsp3) is 0.0435. The topological polar surface area (TPSA) is 91.0 Å². The minimum Gasteiger partial charge on any atom is -0.489 e. The van der Waals surface area contributed by atoms with Crippen molar-refractivity contribution in [1.82, 2.24) is 0 Å². The predicted octanol–water partition coefficient (Wildman–Crippen LogP) is 5.78. The van der Waals surface area contributed by atoms with E-state index in [0.717, 1.165) is 9.13 Å². The summed E-state index contributed by atoms with van der Waals surface area (Å²) >= 11 is 8.36. The van der Waals surface area contributed by atoms with Crippen LogP contribution in [0.1, 0.15) is 16.7 Å². The highest BCUT2D eigenvalue weighted by Gasteiger charge is 2.27. The Morgan fingerprint density at radius 2 is 1.91 bits per heavy atom. The van der Waals surface area contributed by atoms with Crippen LogP contribution in [0, 0.1) is 13.7 Å². The van der Waals surface area contributed by atoms with Crippen LogP contribution in [0.4, 0.5) is 5.69 Å². The molecule has 0 radical (unpaired) electrons. The first-order valence-electron chi connectivity index (χ1n) is 9.33. The van der Waals surface area contributed by atoms with Crippen molar-refractivity contribution in [3.63, 3.8) is 0 Å². The van der Waals surface area contributed by atoms with E-state index < -0.39 is 10.9 Å². The number of aliphatic imine (C=N–C) groups is 1. The van der Waals surface area contributed by atoms with Crippen LogP contribution in [0.3, 0.4) is 0 Å². The lowest BCUT2D eigenvalue weighted by atomic mass is 10.2. The number of nitro benzene ring substituents is 1. The second-order valence-electron chi connectivity index (χ2n) is 6.74. The number of carbonyl (C=O) groups excluding carboxylic acids is 1. The van der Waals surface area contributed by atoms with E-state index in [9.17, 15) is 14.9 Å². The lowest BCUT2D eigenvalue weighted by Gasteiger charge is -2.07. The molecule has 0 fully saturated rings. The lowest BCUT2D eigenvalue weighted by Crippen LogP contribution is -2.06. The summed E-state index contributed by atoms with van der Waals surface area (Å²) in [5, 5.41) is 11.2. The van der Waals surface area contributed by atoms with Gasteiger partial charge >= 0.3 is 5.97 Å². The van der Waals surface area contributed by atoms with Crippen LogP contribution in [0.25, 0.3) is 6.08 Å². The summed E-state index contributed by atoms with van der Waals surface area (Å²) in [5.41, 5.74) is 1.77. The Morgan fingerprint density at radius 3 is 2.66 bits per heavy atom. The molecule has 0 atom stereocenters. The number of benzene rings is 3. The van der Waals surface area contributed by atoms with Crippen molar-refractivity contribution >= 4 is 57.8 Å². The third kappa shape index (κ3) is 5.14. The van der Waals surface area contributed by atoms with Gasteiger partial charge in [0, 0.05) is 15.7 Å². The SMILES string of the molecule is O=C1OC(c2cc([N+](=O)[O-])ccc2Cl)=N/C1=C\c1cccc(OCc2ccc(I)cc2)c1. The molecule has 0 saturated heterocycles. The van der Waals surface area contributed by atoms with Gasteiger partial charge in [-0.25, -0.2) is 9.79 Å². The third-order valence-corrected chi connectivity index (χ3v) is 5.54. The number of esters is 1. The molecule has 0 unspecified atom stereocenters. The molecule has 1 aliphatic rings. The number of nitrogens with zero attached hydrogens (tertiary/aromatic N) is 2. The highest BCUT2D eigenvalue weighted by atomic mass is 127. The maximum Gasteiger partial charge on any atom is 0.363 e. The Kier molecular flexibility index (Phi) is 6.52. The molecule has 32 heavy (non-hydrogen) atoms. The fourth-order valence-electron chi connectivity index (χ4n) is 2.91. The quantitative estimate of drug-likeness (QED) is 0.125. The zero-order chi connectivity index (χ0) is 22.7. The van der Waals surface area contributed by atoms with Crippen LogP contribution in [-0.4, -0.2) is 16.8 Å². The van der Waals surface area contributed by atoms with Crippen molar-refractivity contribution < 1.29 is 19.2 Å². The molecule has 7 nitrogen and oxygen atoms in total. The van der Waals surface area contributed by atoms with E-state index in [1.807, 2.05) is 30.3 Å². The van der Waals surface area contributed by atoms with Gasteiger partial charge in [0.1, 0.15) is 12.4 Å². The number of carbonyl (C=O) groups is 1. The van der Waals surface area contributed by atoms with Gasteiger partial charge in [-0.05, 0) is 70.1 Å². The monoisotopic (exact) mass is 560 g/mol. The van der Waals surface area contributed by atoms with Gasteiger partial charge in [-0.3, -0.25) is 10.1 Å². The van der Waals surface area contributed by atoms with E-state index in [1.54, 1.807) is 24.3 Å². The fourth-order valence-corrected chi connectivity index (χ4v) is 3.47. The molecule has 0 saturated carbocycles. The van der Waals surface area contributed by atoms with Gasteiger partial charge in [0.2, 0.25) is 5.90 Å². The summed E-state index contributed by atoms with van der Waals surface area (Å²) in [4.78, 5) is 27.0. The average Bonchev–Trinajstić information content (AvgIpc) is 3.13. The molecular formula is C23H14ClIN2O5. The standard InChI is InChI=1S/C23H14ClIN2O5/c24-20-9-8-17(27(29)30)12-19(20)22-26-21(23(28)32-22)11-15-2-1-3-18(10-15)31-13-14-4-6-16(25)7-5-14/h1-12H,13H2/b21-11-. The summed E-state index contributed by atoms with van der Waals surface area (Å²) in [6.45, 7) is 0.409. The zero-order valence-electron chi connectivity index (χ0n) is 16.3. The molecule has 0 amide bonds. The predicted molar refractivity (Wildman–Crippen MR) is 129 cm³/mol. The lowest BCUT2D eigenvalue weighted by molar-refractivity contribution is -0.384. The first-order valence-corrected chi connectivity index (χ1v) is 10.8. The minimum atomic E-state index is -0.673. The molecule has 160 valence electrons. The first kappa shape index (κ1) is 22.0. The van der Waals surface area contributed by atoms with Crippen LogP contribution >= 0.6 is 34.2 Å². The molecule has 4 rings (SSSR count). The maximum absolute atomic E-state index is 12.3. The molecule has 0 N–H and O–H groups in total. The van der Waals surface area contributed by atoms with Crippen LogP contribution < -0.4 is 4.74 Å². The van der Waals surface area contributed by atoms with E-state index in [2.05, 4.69) is 27.6 Å². The molecule has 0 bridgehead atoms. The number of ether oxygens (including phenoxy) is 2. The highest BCUT2D eigenvalue weighted by Crippen LogP contribution is 2.27. The Hall–Kier alpha value is -3.24. The zero-order valence-corrected chi connectivity index (χ0v) is 19.2. The highest BCUT2D eigenvalue weighted by molar-refractivity contribution is 14.1. The summed E-state index contributed by atoms with van der Waals surface area (Å²) in [6.07, 6.45) is 1.55. The number of cyclic esters (lactones) is 1. The van der Waals surface area contributed by atoms with E-state index in [-0.39, 0.29) is 27.9 Å². The van der Waals surface area contributed by atoms with Crippen molar-refractivity contribution in [3.05, 3.63) is 108 Å². The summed E-state index contributed by atoms with van der Waals surface area (Å²) in [6, 6.07) is 19.1. The molecule has 9 heteroatoms. The van der Waals surface area contributed by atoms with E-state index in [1.165, 1.54) is 18.2 Å². The van der Waals surface area contributed by atoms with E-state index >= 15 is 0 Å². The second kappa shape index (κ2) is 9.49. The van der Waals surface area contributed by atoms with E-state index in [0.29, 0.717) is 17.9 Å². The summed E-state index contributed by atoms with van der Waals surface area (Å²) < 4.78 is 12.2. The van der Waals surface area contributed by atoms with Gasteiger partial charge in [-0.15, -0.1) is 0 Å². The summed E-state index contributed by atoms with van der Waals surface area (Å²) in [7, 11) is 0. The number of non-ortho nitro benzene ring substituents is 1. The molecule has 3 aromatic rings. The number of nitro groups is 1. The molecule has 1 heterocycles. The van der Waals surface area contributed by atoms with Gasteiger partial charge in [-0.2, -0.15) is 0 Å². The molecule has 3 aromatic carbocycles. The van der Waals surface area contributed by atoms with Gasteiger partial charge in [-0.1, -0.05) is 35.9 Å². The van der Waals surface area contributed by atoms with Gasteiger partial charge in [0.05, 0.1) is 15.5 Å². The minimum absolute atomic E-state index is 0.0531. The van der Waals surface area contributed by atoms with Crippen LogP contribution in [0.15, 0.2) is 77.4 Å². The summed E-state index contributed by atoms with van der Waals surface area (Å²) in [5.74, 6) is -0.121. The first-order chi connectivity index (χ1) is 15.4. The maximum atomic E-state index is 12.3. The number of hydrogen-bond donors (Lipinski definition) is 0.